The minimum atomic E-state index is -0.239. The molecule has 0 atom stereocenters. The Morgan fingerprint density at radius 3 is 2.56 bits per heavy atom. The van der Waals surface area contributed by atoms with Crippen molar-refractivity contribution in [2.75, 3.05) is 23.8 Å². The zero-order valence-electron chi connectivity index (χ0n) is 15.0. The first-order valence-electron chi connectivity index (χ1n) is 8.52. The van der Waals surface area contributed by atoms with Gasteiger partial charge in [-0.3, -0.25) is 14.8 Å². The highest BCUT2D eigenvalue weighted by atomic mass is 16.1. The van der Waals surface area contributed by atoms with Crippen LogP contribution in [-0.4, -0.2) is 29.5 Å². The number of benzene rings is 1. The molecule has 3 rings (SSSR count). The van der Waals surface area contributed by atoms with E-state index < -0.39 is 0 Å². The van der Waals surface area contributed by atoms with Crippen LogP contribution in [0.3, 0.4) is 0 Å². The lowest BCUT2D eigenvalue weighted by molar-refractivity contribution is 0.102. The summed E-state index contributed by atoms with van der Waals surface area (Å²) in [6, 6.07) is 14.6. The van der Waals surface area contributed by atoms with Crippen molar-refractivity contribution in [3.8, 4) is 6.07 Å². The van der Waals surface area contributed by atoms with E-state index in [9.17, 15) is 4.79 Å². The fourth-order valence-corrected chi connectivity index (χ4v) is 2.57. The Kier molecular flexibility index (Phi) is 5.75. The lowest BCUT2D eigenvalue weighted by Crippen LogP contribution is -2.21. The van der Waals surface area contributed by atoms with Crippen molar-refractivity contribution in [2.24, 2.45) is 0 Å². The third-order valence-corrected chi connectivity index (χ3v) is 4.18. The van der Waals surface area contributed by atoms with Crippen molar-refractivity contribution < 1.29 is 4.79 Å². The van der Waals surface area contributed by atoms with Gasteiger partial charge in [0.2, 0.25) is 0 Å². The maximum absolute atomic E-state index is 12.5. The fraction of sp³-hybridized carbons (Fsp3) is 0.143. The lowest BCUT2D eigenvalue weighted by atomic mass is 10.2. The van der Waals surface area contributed by atoms with Crippen molar-refractivity contribution in [2.45, 2.75) is 6.42 Å². The molecule has 0 radical (unpaired) electrons. The number of hydrogen-bond acceptors (Lipinski definition) is 5. The number of nitriles is 1. The number of likely N-dealkylation sites (N-methyl/N-ethyl adjacent to an activating group) is 1. The Morgan fingerprint density at radius 1 is 1.11 bits per heavy atom. The first-order chi connectivity index (χ1) is 13.2. The Hall–Kier alpha value is -3.72. The molecule has 0 aliphatic heterocycles. The van der Waals surface area contributed by atoms with Gasteiger partial charge in [0, 0.05) is 37.9 Å². The smallest absolute Gasteiger partial charge is 0.257 e. The first-order valence-corrected chi connectivity index (χ1v) is 8.52. The Morgan fingerprint density at radius 2 is 1.85 bits per heavy atom. The standard InChI is InChI=1S/C21H19N5O/c1-26(11-8-16-6-9-23-10-7-16)20-12-18(14-24-15-20)21(27)25-19-4-2-17(13-22)3-5-19/h2-7,9-10,12,14-15H,8,11H2,1H3,(H,25,27). The molecular formula is C21H19N5O. The predicted octanol–water partition coefficient (Wildman–Crippen LogP) is 3.28. The number of nitrogens with zero attached hydrogens (tertiary/aromatic N) is 4. The monoisotopic (exact) mass is 357 g/mol. The van der Waals surface area contributed by atoms with Crippen LogP contribution in [0.4, 0.5) is 11.4 Å². The number of amides is 1. The van der Waals surface area contributed by atoms with Crippen molar-refractivity contribution in [3.63, 3.8) is 0 Å². The molecule has 1 aromatic carbocycles. The third-order valence-electron chi connectivity index (χ3n) is 4.18. The molecule has 2 aromatic heterocycles. The molecule has 2 heterocycles. The van der Waals surface area contributed by atoms with Crippen molar-refractivity contribution in [1.29, 1.82) is 5.26 Å². The Balaban J connectivity index is 1.64. The third kappa shape index (κ3) is 4.89. The van der Waals surface area contributed by atoms with E-state index in [4.69, 9.17) is 5.26 Å². The first kappa shape index (κ1) is 18.1. The summed E-state index contributed by atoms with van der Waals surface area (Å²) in [6.45, 7) is 0.798. The molecule has 6 heteroatoms. The molecule has 6 nitrogen and oxygen atoms in total. The summed E-state index contributed by atoms with van der Waals surface area (Å²) in [5, 5.41) is 11.7. The van der Waals surface area contributed by atoms with Crippen LogP contribution >= 0.6 is 0 Å². The van der Waals surface area contributed by atoms with E-state index >= 15 is 0 Å². The maximum Gasteiger partial charge on any atom is 0.257 e. The molecule has 0 aliphatic rings. The van der Waals surface area contributed by atoms with Gasteiger partial charge in [-0.2, -0.15) is 5.26 Å². The van der Waals surface area contributed by atoms with Crippen LogP contribution in [0.5, 0.6) is 0 Å². The molecule has 0 saturated carbocycles. The van der Waals surface area contributed by atoms with E-state index in [0.717, 1.165) is 18.7 Å². The van der Waals surface area contributed by atoms with Crippen LogP contribution in [0.2, 0.25) is 0 Å². The molecule has 0 aliphatic carbocycles. The van der Waals surface area contributed by atoms with Crippen molar-refractivity contribution in [3.05, 3.63) is 83.9 Å². The highest BCUT2D eigenvalue weighted by molar-refractivity contribution is 6.04. The van der Waals surface area contributed by atoms with E-state index in [2.05, 4.69) is 26.3 Å². The van der Waals surface area contributed by atoms with E-state index in [1.807, 2.05) is 25.2 Å². The number of hydrogen-bond donors (Lipinski definition) is 1. The van der Waals surface area contributed by atoms with E-state index in [1.54, 1.807) is 49.1 Å². The summed E-state index contributed by atoms with van der Waals surface area (Å²) in [6.07, 6.45) is 7.72. The summed E-state index contributed by atoms with van der Waals surface area (Å²) in [7, 11) is 1.97. The van der Waals surface area contributed by atoms with Gasteiger partial charge in [0.15, 0.2) is 0 Å². The molecule has 27 heavy (non-hydrogen) atoms. The molecule has 1 N–H and O–H groups in total. The summed E-state index contributed by atoms with van der Waals surface area (Å²) in [5.74, 6) is -0.239. The summed E-state index contributed by atoms with van der Waals surface area (Å²) < 4.78 is 0. The van der Waals surface area contributed by atoms with Crippen LogP contribution in [-0.2, 0) is 6.42 Å². The quantitative estimate of drug-likeness (QED) is 0.732. The van der Waals surface area contributed by atoms with Gasteiger partial charge in [-0.15, -0.1) is 0 Å². The zero-order valence-corrected chi connectivity index (χ0v) is 15.0. The second-order valence-electron chi connectivity index (χ2n) is 6.10. The number of anilines is 2. The van der Waals surface area contributed by atoms with Gasteiger partial charge in [-0.1, -0.05) is 0 Å². The topological polar surface area (TPSA) is 81.9 Å². The highest BCUT2D eigenvalue weighted by Gasteiger charge is 2.10. The van der Waals surface area contributed by atoms with Gasteiger partial charge < -0.3 is 10.2 Å². The molecule has 0 unspecified atom stereocenters. The summed E-state index contributed by atoms with van der Waals surface area (Å²) >= 11 is 0. The van der Waals surface area contributed by atoms with E-state index in [1.165, 1.54) is 5.56 Å². The molecule has 3 aromatic rings. The fourth-order valence-electron chi connectivity index (χ4n) is 2.57. The number of carbonyl (C=O) groups is 1. The molecule has 134 valence electrons. The van der Waals surface area contributed by atoms with Gasteiger partial charge in [0.05, 0.1) is 29.1 Å². The second-order valence-corrected chi connectivity index (χ2v) is 6.10. The summed E-state index contributed by atoms with van der Waals surface area (Å²) in [4.78, 5) is 22.8. The van der Waals surface area contributed by atoms with Crippen LogP contribution in [0.15, 0.2) is 67.3 Å². The largest absolute Gasteiger partial charge is 0.373 e. The average molecular weight is 357 g/mol. The molecule has 0 saturated heterocycles. The van der Waals surface area contributed by atoms with Gasteiger partial charge in [-0.05, 0) is 54.4 Å². The highest BCUT2D eigenvalue weighted by Crippen LogP contribution is 2.16. The van der Waals surface area contributed by atoms with Gasteiger partial charge in [0.25, 0.3) is 5.91 Å². The number of pyridine rings is 2. The van der Waals surface area contributed by atoms with E-state index in [-0.39, 0.29) is 5.91 Å². The number of nitrogens with one attached hydrogen (secondary N) is 1. The van der Waals surface area contributed by atoms with Gasteiger partial charge in [-0.25, -0.2) is 0 Å². The number of aromatic nitrogens is 2. The number of rotatable bonds is 6. The van der Waals surface area contributed by atoms with Crippen LogP contribution in [0.1, 0.15) is 21.5 Å². The molecule has 1 amide bonds. The van der Waals surface area contributed by atoms with Crippen molar-refractivity contribution in [1.82, 2.24) is 9.97 Å². The molecule has 0 fully saturated rings. The van der Waals surface area contributed by atoms with Crippen LogP contribution in [0, 0.1) is 11.3 Å². The summed E-state index contributed by atoms with van der Waals surface area (Å²) in [5.41, 5.74) is 3.74. The average Bonchev–Trinajstić information content (AvgIpc) is 2.73. The Labute approximate surface area is 158 Å². The minimum absolute atomic E-state index is 0.239. The minimum Gasteiger partial charge on any atom is -0.373 e. The normalized spacial score (nSPS) is 10.1. The van der Waals surface area contributed by atoms with E-state index in [0.29, 0.717) is 16.8 Å². The van der Waals surface area contributed by atoms with Crippen LogP contribution < -0.4 is 10.2 Å². The molecule has 0 spiro atoms. The maximum atomic E-state index is 12.5. The van der Waals surface area contributed by atoms with Gasteiger partial charge in [0.1, 0.15) is 0 Å². The molecule has 0 bridgehead atoms. The lowest BCUT2D eigenvalue weighted by Gasteiger charge is -2.19. The predicted molar refractivity (Wildman–Crippen MR) is 105 cm³/mol. The second kappa shape index (κ2) is 8.59. The van der Waals surface area contributed by atoms with Crippen molar-refractivity contribution >= 4 is 17.3 Å². The SMILES string of the molecule is CN(CCc1ccncc1)c1cncc(C(=O)Nc2ccc(C#N)cc2)c1. The van der Waals surface area contributed by atoms with Crippen LogP contribution in [0.25, 0.3) is 0 Å². The van der Waals surface area contributed by atoms with Gasteiger partial charge >= 0.3 is 0 Å². The molecular weight excluding hydrogens is 338 g/mol. The Bertz CT molecular complexity index is 948. The number of carbonyl (C=O) groups excluding carboxylic acids is 1. The zero-order chi connectivity index (χ0) is 19.1.